The van der Waals surface area contributed by atoms with Crippen LogP contribution in [0.4, 0.5) is 0 Å². The molecule has 0 atom stereocenters. The van der Waals surface area contributed by atoms with Crippen molar-refractivity contribution in [2.45, 2.75) is 19.8 Å². The lowest BCUT2D eigenvalue weighted by molar-refractivity contribution is -0.127. The summed E-state index contributed by atoms with van der Waals surface area (Å²) >= 11 is 0. The van der Waals surface area contributed by atoms with Crippen LogP contribution in [0.15, 0.2) is 30.6 Å². The molecule has 2 rings (SSSR count). The standard InChI is InChI=1S/C14H18N2O/c1-12-6-9-16(10-7-12)14(17)5-4-13-3-2-8-15-11-13/h2-5,8,11-12H,6-7,9-10H2,1H3/b5-4+. The number of nitrogens with zero attached hydrogens (tertiary/aromatic N) is 2. The summed E-state index contributed by atoms with van der Waals surface area (Å²) in [6, 6.07) is 3.81. The summed E-state index contributed by atoms with van der Waals surface area (Å²) < 4.78 is 0. The molecule has 1 fully saturated rings. The highest BCUT2D eigenvalue weighted by molar-refractivity contribution is 5.91. The van der Waals surface area contributed by atoms with Gasteiger partial charge in [-0.2, -0.15) is 0 Å². The molecule has 0 unspecified atom stereocenters. The second-order valence-corrected chi connectivity index (χ2v) is 4.63. The van der Waals surface area contributed by atoms with E-state index < -0.39 is 0 Å². The topological polar surface area (TPSA) is 33.2 Å². The smallest absolute Gasteiger partial charge is 0.246 e. The van der Waals surface area contributed by atoms with Gasteiger partial charge in [0.2, 0.25) is 5.91 Å². The van der Waals surface area contributed by atoms with Crippen molar-refractivity contribution in [1.29, 1.82) is 0 Å². The highest BCUT2D eigenvalue weighted by Gasteiger charge is 2.18. The van der Waals surface area contributed by atoms with Gasteiger partial charge in [-0.1, -0.05) is 13.0 Å². The fourth-order valence-electron chi connectivity index (χ4n) is 1.98. The molecule has 0 aromatic carbocycles. The number of amides is 1. The molecule has 1 aromatic rings. The minimum atomic E-state index is 0.112. The maximum Gasteiger partial charge on any atom is 0.246 e. The number of piperidine rings is 1. The largest absolute Gasteiger partial charge is 0.339 e. The molecule has 0 aliphatic carbocycles. The molecule has 0 N–H and O–H groups in total. The minimum Gasteiger partial charge on any atom is -0.339 e. The first-order chi connectivity index (χ1) is 8.25. The maximum atomic E-state index is 11.9. The van der Waals surface area contributed by atoms with E-state index in [0.717, 1.165) is 37.4 Å². The molecule has 17 heavy (non-hydrogen) atoms. The van der Waals surface area contributed by atoms with E-state index in [1.807, 2.05) is 23.1 Å². The lowest BCUT2D eigenvalue weighted by atomic mass is 9.99. The number of carbonyl (C=O) groups excluding carboxylic acids is 1. The van der Waals surface area contributed by atoms with E-state index in [4.69, 9.17) is 0 Å². The highest BCUT2D eigenvalue weighted by atomic mass is 16.2. The van der Waals surface area contributed by atoms with Crippen LogP contribution in [0.1, 0.15) is 25.3 Å². The van der Waals surface area contributed by atoms with Gasteiger partial charge < -0.3 is 4.90 Å². The molecule has 90 valence electrons. The third-order valence-electron chi connectivity index (χ3n) is 3.20. The predicted octanol–water partition coefficient (Wildman–Crippen LogP) is 2.35. The summed E-state index contributed by atoms with van der Waals surface area (Å²) in [6.07, 6.45) is 9.19. The van der Waals surface area contributed by atoms with Crippen molar-refractivity contribution >= 4 is 12.0 Å². The van der Waals surface area contributed by atoms with Crippen LogP contribution in [0.3, 0.4) is 0 Å². The average molecular weight is 230 g/mol. The van der Waals surface area contributed by atoms with Gasteiger partial charge in [-0.15, -0.1) is 0 Å². The van der Waals surface area contributed by atoms with Crippen LogP contribution < -0.4 is 0 Å². The van der Waals surface area contributed by atoms with E-state index in [9.17, 15) is 4.79 Å². The van der Waals surface area contributed by atoms with Gasteiger partial charge in [0.05, 0.1) is 0 Å². The van der Waals surface area contributed by atoms with E-state index in [0.29, 0.717) is 0 Å². The lowest BCUT2D eigenvalue weighted by Gasteiger charge is -2.29. The van der Waals surface area contributed by atoms with E-state index >= 15 is 0 Å². The fraction of sp³-hybridized carbons (Fsp3) is 0.429. The van der Waals surface area contributed by atoms with Gasteiger partial charge >= 0.3 is 0 Å². The van der Waals surface area contributed by atoms with E-state index in [2.05, 4.69) is 11.9 Å². The molecular formula is C14H18N2O. The quantitative estimate of drug-likeness (QED) is 0.731. The summed E-state index contributed by atoms with van der Waals surface area (Å²) in [5.41, 5.74) is 0.964. The van der Waals surface area contributed by atoms with E-state index in [1.54, 1.807) is 18.5 Å². The molecule has 0 saturated carbocycles. The van der Waals surface area contributed by atoms with Gasteiger partial charge in [0, 0.05) is 31.6 Å². The van der Waals surface area contributed by atoms with Crippen molar-refractivity contribution in [1.82, 2.24) is 9.88 Å². The molecule has 0 bridgehead atoms. The molecule has 2 heterocycles. The Morgan fingerprint density at radius 1 is 1.47 bits per heavy atom. The summed E-state index contributed by atoms with van der Waals surface area (Å²) in [4.78, 5) is 17.8. The SMILES string of the molecule is CC1CCN(C(=O)/C=C/c2cccnc2)CC1. The van der Waals surface area contributed by atoms with Crippen molar-refractivity contribution in [2.24, 2.45) is 5.92 Å². The molecule has 1 amide bonds. The molecule has 0 radical (unpaired) electrons. The number of carbonyl (C=O) groups is 1. The van der Waals surface area contributed by atoms with Crippen LogP contribution in [-0.2, 0) is 4.79 Å². The Bertz CT molecular complexity index is 392. The van der Waals surface area contributed by atoms with Crippen LogP contribution in [-0.4, -0.2) is 28.9 Å². The Balaban J connectivity index is 1.91. The second-order valence-electron chi connectivity index (χ2n) is 4.63. The Kier molecular flexibility index (Phi) is 3.91. The summed E-state index contributed by atoms with van der Waals surface area (Å²) in [5.74, 6) is 0.863. The monoisotopic (exact) mass is 230 g/mol. The van der Waals surface area contributed by atoms with Crippen LogP contribution in [0.25, 0.3) is 6.08 Å². The van der Waals surface area contributed by atoms with Crippen molar-refractivity contribution in [3.05, 3.63) is 36.2 Å². The van der Waals surface area contributed by atoms with Crippen molar-refractivity contribution in [3.63, 3.8) is 0 Å². The first-order valence-corrected chi connectivity index (χ1v) is 6.13. The molecule has 1 saturated heterocycles. The van der Waals surface area contributed by atoms with Gasteiger partial charge in [-0.25, -0.2) is 0 Å². The minimum absolute atomic E-state index is 0.112. The van der Waals surface area contributed by atoms with Crippen molar-refractivity contribution < 1.29 is 4.79 Å². The number of pyridine rings is 1. The zero-order chi connectivity index (χ0) is 12.1. The normalized spacial score (nSPS) is 17.6. The number of rotatable bonds is 2. The second kappa shape index (κ2) is 5.62. The predicted molar refractivity (Wildman–Crippen MR) is 68.2 cm³/mol. The molecule has 3 nitrogen and oxygen atoms in total. The number of hydrogen-bond acceptors (Lipinski definition) is 2. The molecular weight excluding hydrogens is 212 g/mol. The summed E-state index contributed by atoms with van der Waals surface area (Å²) in [5, 5.41) is 0. The van der Waals surface area contributed by atoms with Gasteiger partial charge in [0.15, 0.2) is 0 Å². The third-order valence-corrected chi connectivity index (χ3v) is 3.20. The zero-order valence-corrected chi connectivity index (χ0v) is 10.2. The van der Waals surface area contributed by atoms with E-state index in [-0.39, 0.29) is 5.91 Å². The fourth-order valence-corrected chi connectivity index (χ4v) is 1.98. The van der Waals surface area contributed by atoms with Crippen molar-refractivity contribution in [2.75, 3.05) is 13.1 Å². The van der Waals surface area contributed by atoms with Crippen LogP contribution in [0, 0.1) is 5.92 Å². The molecule has 0 spiro atoms. The molecule has 1 aromatic heterocycles. The van der Waals surface area contributed by atoms with Crippen molar-refractivity contribution in [3.8, 4) is 0 Å². The summed E-state index contributed by atoms with van der Waals surface area (Å²) in [7, 11) is 0. The van der Waals surface area contributed by atoms with Crippen LogP contribution in [0.2, 0.25) is 0 Å². The zero-order valence-electron chi connectivity index (χ0n) is 10.2. The first-order valence-electron chi connectivity index (χ1n) is 6.13. The third kappa shape index (κ3) is 3.41. The Labute approximate surface area is 102 Å². The number of hydrogen-bond donors (Lipinski definition) is 0. The van der Waals surface area contributed by atoms with Gasteiger partial charge in [0.1, 0.15) is 0 Å². The first kappa shape index (κ1) is 11.8. The van der Waals surface area contributed by atoms with Crippen LogP contribution in [0.5, 0.6) is 0 Å². The van der Waals surface area contributed by atoms with Gasteiger partial charge in [0.25, 0.3) is 0 Å². The Hall–Kier alpha value is -1.64. The maximum absolute atomic E-state index is 11.9. The Morgan fingerprint density at radius 3 is 2.88 bits per heavy atom. The van der Waals surface area contributed by atoms with Gasteiger partial charge in [-0.05, 0) is 36.5 Å². The van der Waals surface area contributed by atoms with Gasteiger partial charge in [-0.3, -0.25) is 9.78 Å². The van der Waals surface area contributed by atoms with E-state index in [1.165, 1.54) is 0 Å². The molecule has 3 heteroatoms. The van der Waals surface area contributed by atoms with Crippen LogP contribution >= 0.6 is 0 Å². The number of likely N-dealkylation sites (tertiary alicyclic amines) is 1. The molecule has 1 aliphatic rings. The Morgan fingerprint density at radius 2 is 2.24 bits per heavy atom. The average Bonchev–Trinajstić information content (AvgIpc) is 2.38. The highest BCUT2D eigenvalue weighted by Crippen LogP contribution is 2.16. The summed E-state index contributed by atoms with van der Waals surface area (Å²) in [6.45, 7) is 4.02. The molecule has 1 aliphatic heterocycles. The lowest BCUT2D eigenvalue weighted by Crippen LogP contribution is -2.36. The number of aromatic nitrogens is 1.